The van der Waals surface area contributed by atoms with E-state index in [1.54, 1.807) is 0 Å². The Morgan fingerprint density at radius 2 is 1.45 bits per heavy atom. The van der Waals surface area contributed by atoms with Gasteiger partial charge in [-0.3, -0.25) is 14.5 Å². The molecule has 0 fully saturated rings. The first kappa shape index (κ1) is 19.4. The van der Waals surface area contributed by atoms with Crippen LogP contribution in [-0.4, -0.2) is 23.3 Å². The minimum absolute atomic E-state index is 0.160. The van der Waals surface area contributed by atoms with E-state index in [0.717, 1.165) is 41.2 Å². The molecule has 2 amide bonds. The number of nitrogens with zero attached hydrogens (tertiary/aromatic N) is 1. The van der Waals surface area contributed by atoms with Crippen LogP contribution in [0.4, 0.5) is 0 Å². The fourth-order valence-electron chi connectivity index (χ4n) is 4.26. The number of unbranched alkanes of at least 4 members (excludes halogenated alkanes) is 5. The van der Waals surface area contributed by atoms with Crippen molar-refractivity contribution in [3.63, 3.8) is 0 Å². The molecule has 3 nitrogen and oxygen atoms in total. The van der Waals surface area contributed by atoms with Gasteiger partial charge in [-0.1, -0.05) is 93.6 Å². The molecule has 148 valence electrons. The van der Waals surface area contributed by atoms with Crippen molar-refractivity contribution < 1.29 is 9.59 Å². The average molecular weight is 386 g/mol. The smallest absolute Gasteiger partial charge is 0.262 e. The standard InChI is InChI=1S/C26H27NO2/c1-2-3-4-5-6-10-18-27-25(28)22-15-11-14-20-16-17-21(19-12-8-7-9-13-19)24(23(20)22)26(27)29/h7-9,11-17H,2-6,10,18H2,1H3. The lowest BCUT2D eigenvalue weighted by Crippen LogP contribution is -2.41. The van der Waals surface area contributed by atoms with Gasteiger partial charge in [-0.2, -0.15) is 0 Å². The molecule has 0 bridgehead atoms. The Balaban J connectivity index is 1.70. The van der Waals surface area contributed by atoms with E-state index in [0.29, 0.717) is 17.7 Å². The van der Waals surface area contributed by atoms with E-state index < -0.39 is 0 Å². The number of benzene rings is 3. The number of rotatable bonds is 8. The molecule has 4 rings (SSSR count). The summed E-state index contributed by atoms with van der Waals surface area (Å²) in [6.45, 7) is 2.69. The first-order valence-corrected chi connectivity index (χ1v) is 10.7. The molecule has 1 aliphatic rings. The van der Waals surface area contributed by atoms with Gasteiger partial charge in [0.1, 0.15) is 0 Å². The predicted octanol–water partition coefficient (Wildman–Crippen LogP) is 6.46. The van der Waals surface area contributed by atoms with Crippen LogP contribution in [0.1, 0.15) is 66.2 Å². The Kier molecular flexibility index (Phi) is 5.75. The zero-order chi connectivity index (χ0) is 20.2. The zero-order valence-electron chi connectivity index (χ0n) is 17.0. The summed E-state index contributed by atoms with van der Waals surface area (Å²) in [7, 11) is 0. The number of carbonyl (C=O) groups excluding carboxylic acids is 2. The van der Waals surface area contributed by atoms with E-state index in [-0.39, 0.29) is 11.8 Å². The van der Waals surface area contributed by atoms with E-state index in [9.17, 15) is 9.59 Å². The van der Waals surface area contributed by atoms with Crippen LogP contribution in [0.3, 0.4) is 0 Å². The predicted molar refractivity (Wildman–Crippen MR) is 118 cm³/mol. The molecule has 0 saturated heterocycles. The first-order valence-electron chi connectivity index (χ1n) is 10.7. The van der Waals surface area contributed by atoms with Gasteiger partial charge in [0.25, 0.3) is 11.8 Å². The van der Waals surface area contributed by atoms with Gasteiger partial charge in [-0.15, -0.1) is 0 Å². The summed E-state index contributed by atoms with van der Waals surface area (Å²) in [5.74, 6) is -0.321. The molecule has 0 atom stereocenters. The monoisotopic (exact) mass is 385 g/mol. The Labute approximate surface area is 172 Å². The fourth-order valence-corrected chi connectivity index (χ4v) is 4.26. The second kappa shape index (κ2) is 8.60. The Hall–Kier alpha value is -2.94. The van der Waals surface area contributed by atoms with Gasteiger partial charge in [0.15, 0.2) is 0 Å². The Morgan fingerprint density at radius 3 is 2.24 bits per heavy atom. The van der Waals surface area contributed by atoms with Crippen LogP contribution in [-0.2, 0) is 0 Å². The van der Waals surface area contributed by atoms with Crippen LogP contribution in [0, 0.1) is 0 Å². The Bertz CT molecular complexity index is 1040. The fraction of sp³-hybridized carbons (Fsp3) is 0.308. The second-order valence-electron chi connectivity index (χ2n) is 7.79. The van der Waals surface area contributed by atoms with Gasteiger partial charge < -0.3 is 0 Å². The largest absolute Gasteiger partial charge is 0.274 e. The van der Waals surface area contributed by atoms with Gasteiger partial charge in [-0.25, -0.2) is 0 Å². The maximum Gasteiger partial charge on any atom is 0.262 e. The number of hydrogen-bond donors (Lipinski definition) is 0. The van der Waals surface area contributed by atoms with E-state index in [1.165, 1.54) is 24.2 Å². The third-order valence-corrected chi connectivity index (χ3v) is 5.80. The van der Waals surface area contributed by atoms with Crippen LogP contribution in [0.2, 0.25) is 0 Å². The number of imide groups is 1. The van der Waals surface area contributed by atoms with E-state index in [4.69, 9.17) is 0 Å². The molecular formula is C26H27NO2. The molecule has 0 saturated carbocycles. The minimum atomic E-state index is -0.160. The van der Waals surface area contributed by atoms with Crippen LogP contribution in [0.5, 0.6) is 0 Å². The van der Waals surface area contributed by atoms with Gasteiger partial charge >= 0.3 is 0 Å². The summed E-state index contributed by atoms with van der Waals surface area (Å²) >= 11 is 0. The maximum absolute atomic E-state index is 13.5. The SMILES string of the molecule is CCCCCCCCN1C(=O)c2cccc3ccc(-c4ccccc4)c(c23)C1=O. The highest BCUT2D eigenvalue weighted by atomic mass is 16.2. The van der Waals surface area contributed by atoms with Crippen molar-refractivity contribution in [2.45, 2.75) is 45.4 Å². The van der Waals surface area contributed by atoms with Gasteiger partial charge in [-0.05, 0) is 29.0 Å². The second-order valence-corrected chi connectivity index (χ2v) is 7.79. The van der Waals surface area contributed by atoms with Crippen LogP contribution in [0.25, 0.3) is 21.9 Å². The number of carbonyl (C=O) groups is 2. The summed E-state index contributed by atoms with van der Waals surface area (Å²) in [6, 6.07) is 19.7. The molecule has 1 heterocycles. The summed E-state index contributed by atoms with van der Waals surface area (Å²) in [5, 5.41) is 1.74. The van der Waals surface area contributed by atoms with E-state index >= 15 is 0 Å². The maximum atomic E-state index is 13.5. The molecule has 0 radical (unpaired) electrons. The molecular weight excluding hydrogens is 358 g/mol. The molecule has 0 unspecified atom stereocenters. The number of amides is 2. The summed E-state index contributed by atoms with van der Waals surface area (Å²) in [4.78, 5) is 28.1. The molecule has 3 aromatic carbocycles. The first-order chi connectivity index (χ1) is 14.2. The third-order valence-electron chi connectivity index (χ3n) is 5.80. The molecule has 0 spiro atoms. The molecule has 3 heteroatoms. The number of hydrogen-bond acceptors (Lipinski definition) is 2. The van der Waals surface area contributed by atoms with Crippen molar-refractivity contribution in [1.82, 2.24) is 4.90 Å². The van der Waals surface area contributed by atoms with Crippen molar-refractivity contribution in [3.05, 3.63) is 71.8 Å². The highest BCUT2D eigenvalue weighted by molar-refractivity contribution is 6.27. The van der Waals surface area contributed by atoms with Crippen molar-refractivity contribution in [2.75, 3.05) is 6.54 Å². The summed E-state index contributed by atoms with van der Waals surface area (Å²) < 4.78 is 0. The van der Waals surface area contributed by atoms with Crippen molar-refractivity contribution >= 4 is 22.6 Å². The topological polar surface area (TPSA) is 37.4 Å². The lowest BCUT2D eigenvalue weighted by Gasteiger charge is -2.28. The van der Waals surface area contributed by atoms with E-state index in [1.807, 2.05) is 60.7 Å². The van der Waals surface area contributed by atoms with E-state index in [2.05, 4.69) is 6.92 Å². The highest BCUT2D eigenvalue weighted by Gasteiger charge is 2.34. The normalized spacial score (nSPS) is 13.3. The molecule has 0 N–H and O–H groups in total. The van der Waals surface area contributed by atoms with Crippen LogP contribution >= 0.6 is 0 Å². The van der Waals surface area contributed by atoms with Crippen LogP contribution < -0.4 is 0 Å². The molecule has 0 aromatic heterocycles. The quantitative estimate of drug-likeness (QED) is 0.329. The average Bonchev–Trinajstić information content (AvgIpc) is 2.76. The van der Waals surface area contributed by atoms with Crippen molar-refractivity contribution in [2.24, 2.45) is 0 Å². The van der Waals surface area contributed by atoms with Gasteiger partial charge in [0.2, 0.25) is 0 Å². The minimum Gasteiger partial charge on any atom is -0.274 e. The lowest BCUT2D eigenvalue weighted by molar-refractivity contribution is 0.0608. The van der Waals surface area contributed by atoms with Crippen LogP contribution in [0.15, 0.2) is 60.7 Å². The van der Waals surface area contributed by atoms with Gasteiger partial charge in [0, 0.05) is 17.5 Å². The van der Waals surface area contributed by atoms with Crippen molar-refractivity contribution in [1.29, 1.82) is 0 Å². The summed E-state index contributed by atoms with van der Waals surface area (Å²) in [5.41, 5.74) is 3.20. The Morgan fingerprint density at radius 1 is 0.690 bits per heavy atom. The van der Waals surface area contributed by atoms with Gasteiger partial charge in [0.05, 0.1) is 5.56 Å². The molecule has 3 aromatic rings. The molecule has 0 aliphatic carbocycles. The molecule has 29 heavy (non-hydrogen) atoms. The lowest BCUT2D eigenvalue weighted by atomic mass is 9.88. The molecule has 1 aliphatic heterocycles. The summed E-state index contributed by atoms with van der Waals surface area (Å²) in [6.07, 6.45) is 6.75. The van der Waals surface area contributed by atoms with Crippen molar-refractivity contribution in [3.8, 4) is 11.1 Å². The zero-order valence-corrected chi connectivity index (χ0v) is 17.0. The highest BCUT2D eigenvalue weighted by Crippen LogP contribution is 2.37. The third kappa shape index (κ3) is 3.69.